The molecule has 9 heteroatoms. The summed E-state index contributed by atoms with van der Waals surface area (Å²) in [5.74, 6) is 1.08. The van der Waals surface area contributed by atoms with E-state index in [0.717, 1.165) is 22.6 Å². The minimum absolute atomic E-state index is 0.161. The average molecular weight is 441 g/mol. The first-order chi connectivity index (χ1) is 16.0. The third kappa shape index (κ3) is 5.21. The fraction of sp³-hybridized carbons (Fsp3) is 0.125. The molecule has 0 atom stereocenters. The lowest BCUT2D eigenvalue weighted by Crippen LogP contribution is -2.11. The highest BCUT2D eigenvalue weighted by Crippen LogP contribution is 2.22. The Hall–Kier alpha value is -4.53. The maximum Gasteiger partial charge on any atom is 0.257 e. The van der Waals surface area contributed by atoms with Crippen LogP contribution >= 0.6 is 0 Å². The molecule has 33 heavy (non-hydrogen) atoms. The van der Waals surface area contributed by atoms with Gasteiger partial charge in [-0.15, -0.1) is 6.58 Å². The maximum atomic E-state index is 10.4. The molecule has 0 fully saturated rings. The number of nitrogens with one attached hydrogen (secondary N) is 2. The van der Waals surface area contributed by atoms with Gasteiger partial charge in [-0.05, 0) is 50.1 Å². The van der Waals surface area contributed by atoms with E-state index in [0.29, 0.717) is 23.9 Å². The third-order valence-corrected chi connectivity index (χ3v) is 4.74. The molecule has 0 aliphatic rings. The van der Waals surface area contributed by atoms with Gasteiger partial charge in [-0.1, -0.05) is 36.4 Å². The normalized spacial score (nSPS) is 11.0. The first-order valence-corrected chi connectivity index (χ1v) is 10.4. The SMILES string of the molecule is C=CCc1cccc(/C=N\Nc2nc(Nc3ccccc3)nc(-n3nc(C)cc3C)n2)c1O. The van der Waals surface area contributed by atoms with Gasteiger partial charge in [0.2, 0.25) is 11.9 Å². The minimum Gasteiger partial charge on any atom is -0.507 e. The van der Waals surface area contributed by atoms with E-state index in [1.807, 2.05) is 62.4 Å². The summed E-state index contributed by atoms with van der Waals surface area (Å²) < 4.78 is 1.65. The predicted molar refractivity (Wildman–Crippen MR) is 129 cm³/mol. The van der Waals surface area contributed by atoms with Crippen LogP contribution in [0.25, 0.3) is 5.95 Å². The van der Waals surface area contributed by atoms with Crippen molar-refractivity contribution in [2.24, 2.45) is 5.10 Å². The van der Waals surface area contributed by atoms with Gasteiger partial charge in [0.1, 0.15) is 5.75 Å². The average Bonchev–Trinajstić information content (AvgIpc) is 3.15. The Labute approximate surface area is 191 Å². The van der Waals surface area contributed by atoms with Crippen LogP contribution in [-0.2, 0) is 6.42 Å². The van der Waals surface area contributed by atoms with Gasteiger partial charge in [0, 0.05) is 16.9 Å². The van der Waals surface area contributed by atoms with Crippen molar-refractivity contribution in [2.75, 3.05) is 10.7 Å². The van der Waals surface area contributed by atoms with E-state index in [-0.39, 0.29) is 11.7 Å². The quantitative estimate of drug-likeness (QED) is 0.213. The molecule has 0 aliphatic heterocycles. The molecule has 2 aromatic carbocycles. The number of aromatic hydroxyl groups is 1. The molecule has 0 saturated heterocycles. The number of nitrogens with zero attached hydrogens (tertiary/aromatic N) is 6. The van der Waals surface area contributed by atoms with E-state index < -0.39 is 0 Å². The molecule has 2 aromatic heterocycles. The van der Waals surface area contributed by atoms with Gasteiger partial charge in [-0.25, -0.2) is 10.1 Å². The van der Waals surface area contributed by atoms with E-state index in [4.69, 9.17) is 0 Å². The standard InChI is InChI=1S/C24H24N8O/c1-4-9-18-10-8-11-19(21(18)33)15-25-30-23-27-22(26-20-12-6-5-7-13-20)28-24(29-23)32-17(3)14-16(2)31-32/h4-8,10-15,33H,1,9H2,2-3H3,(H2,26,27,28,29,30)/b25-15-. The number of anilines is 3. The molecule has 0 aliphatic carbocycles. The van der Waals surface area contributed by atoms with Gasteiger partial charge >= 0.3 is 0 Å². The van der Waals surface area contributed by atoms with Crippen LogP contribution in [0.1, 0.15) is 22.5 Å². The van der Waals surface area contributed by atoms with Crippen LogP contribution in [0.5, 0.6) is 5.75 Å². The van der Waals surface area contributed by atoms with Crippen molar-refractivity contribution >= 4 is 23.8 Å². The molecule has 3 N–H and O–H groups in total. The van der Waals surface area contributed by atoms with Crippen LogP contribution in [-0.4, -0.2) is 36.1 Å². The first-order valence-electron chi connectivity index (χ1n) is 10.4. The Bertz CT molecular complexity index is 1300. The molecule has 0 amide bonds. The highest BCUT2D eigenvalue weighted by molar-refractivity contribution is 5.84. The van der Waals surface area contributed by atoms with Crippen molar-refractivity contribution in [1.29, 1.82) is 0 Å². The number of para-hydroxylation sites is 2. The lowest BCUT2D eigenvalue weighted by Gasteiger charge is -2.09. The summed E-state index contributed by atoms with van der Waals surface area (Å²) in [6.07, 6.45) is 3.81. The van der Waals surface area contributed by atoms with Gasteiger partial charge in [0.25, 0.3) is 5.95 Å². The fourth-order valence-electron chi connectivity index (χ4n) is 3.24. The van der Waals surface area contributed by atoms with E-state index >= 15 is 0 Å². The minimum atomic E-state index is 0.161. The van der Waals surface area contributed by atoms with Gasteiger partial charge in [0.15, 0.2) is 0 Å². The van der Waals surface area contributed by atoms with Crippen molar-refractivity contribution in [3.05, 3.63) is 89.8 Å². The second kappa shape index (κ2) is 9.73. The topological polar surface area (TPSA) is 113 Å². The summed E-state index contributed by atoms with van der Waals surface area (Å²) >= 11 is 0. The Morgan fingerprint density at radius 2 is 1.82 bits per heavy atom. The number of hydrazone groups is 1. The molecule has 0 spiro atoms. The van der Waals surface area contributed by atoms with Crippen LogP contribution < -0.4 is 10.7 Å². The van der Waals surface area contributed by atoms with E-state index in [1.54, 1.807) is 16.8 Å². The number of phenols is 1. The fourth-order valence-corrected chi connectivity index (χ4v) is 3.24. The first kappa shape index (κ1) is 21.7. The predicted octanol–water partition coefficient (Wildman–Crippen LogP) is 4.30. The van der Waals surface area contributed by atoms with Crippen LogP contribution in [0.4, 0.5) is 17.6 Å². The lowest BCUT2D eigenvalue weighted by atomic mass is 10.1. The van der Waals surface area contributed by atoms with Crippen LogP contribution in [0, 0.1) is 13.8 Å². The second-order valence-corrected chi connectivity index (χ2v) is 7.33. The summed E-state index contributed by atoms with van der Waals surface area (Å²) in [7, 11) is 0. The van der Waals surface area contributed by atoms with E-state index in [9.17, 15) is 5.11 Å². The number of benzene rings is 2. The Morgan fingerprint density at radius 1 is 1.03 bits per heavy atom. The maximum absolute atomic E-state index is 10.4. The molecule has 0 radical (unpaired) electrons. The monoisotopic (exact) mass is 440 g/mol. The number of hydrogen-bond acceptors (Lipinski definition) is 8. The number of aryl methyl sites for hydroxylation is 2. The second-order valence-electron chi connectivity index (χ2n) is 7.33. The van der Waals surface area contributed by atoms with Crippen molar-refractivity contribution in [1.82, 2.24) is 24.7 Å². The van der Waals surface area contributed by atoms with Crippen molar-refractivity contribution in [2.45, 2.75) is 20.3 Å². The number of hydrogen-bond donors (Lipinski definition) is 3. The molecular formula is C24H24N8O. The van der Waals surface area contributed by atoms with E-state index in [1.165, 1.54) is 6.21 Å². The van der Waals surface area contributed by atoms with E-state index in [2.05, 4.69) is 42.5 Å². The van der Waals surface area contributed by atoms with Gasteiger partial charge < -0.3 is 10.4 Å². The Morgan fingerprint density at radius 3 is 2.55 bits per heavy atom. The van der Waals surface area contributed by atoms with Gasteiger partial charge in [-0.2, -0.15) is 25.2 Å². The van der Waals surface area contributed by atoms with Crippen molar-refractivity contribution in [3.63, 3.8) is 0 Å². The third-order valence-electron chi connectivity index (χ3n) is 4.74. The molecule has 0 bridgehead atoms. The number of phenolic OH excluding ortho intramolecular Hbond substituents is 1. The molecule has 2 heterocycles. The summed E-state index contributed by atoms with van der Waals surface area (Å²) in [4.78, 5) is 13.4. The van der Waals surface area contributed by atoms with Crippen molar-refractivity contribution in [3.8, 4) is 11.7 Å². The zero-order valence-electron chi connectivity index (χ0n) is 18.4. The number of rotatable bonds is 8. The smallest absolute Gasteiger partial charge is 0.257 e. The molecule has 0 unspecified atom stereocenters. The van der Waals surface area contributed by atoms with Crippen LogP contribution in [0.15, 0.2) is 72.4 Å². The Balaban J connectivity index is 1.64. The Kier molecular flexibility index (Phi) is 6.40. The summed E-state index contributed by atoms with van der Waals surface area (Å²) in [6.45, 7) is 7.55. The van der Waals surface area contributed by atoms with Gasteiger partial charge in [-0.3, -0.25) is 0 Å². The molecule has 166 valence electrons. The molecule has 0 saturated carbocycles. The summed E-state index contributed by atoms with van der Waals surface area (Å²) in [5, 5.41) is 22.3. The molecule has 4 aromatic rings. The van der Waals surface area contributed by atoms with Crippen LogP contribution in [0.2, 0.25) is 0 Å². The zero-order valence-corrected chi connectivity index (χ0v) is 18.4. The van der Waals surface area contributed by atoms with Gasteiger partial charge in [0.05, 0.1) is 11.9 Å². The molecule has 9 nitrogen and oxygen atoms in total. The largest absolute Gasteiger partial charge is 0.507 e. The summed E-state index contributed by atoms with van der Waals surface area (Å²) in [6, 6.07) is 17.0. The highest BCUT2D eigenvalue weighted by atomic mass is 16.3. The molecular weight excluding hydrogens is 416 g/mol. The van der Waals surface area contributed by atoms with Crippen molar-refractivity contribution < 1.29 is 5.11 Å². The molecule has 4 rings (SSSR count). The highest BCUT2D eigenvalue weighted by Gasteiger charge is 2.12. The summed E-state index contributed by atoms with van der Waals surface area (Å²) in [5.41, 5.74) is 6.75. The lowest BCUT2D eigenvalue weighted by molar-refractivity contribution is 0.469. The number of aromatic nitrogens is 5. The zero-order chi connectivity index (χ0) is 23.2. The number of allylic oxidation sites excluding steroid dienone is 1. The van der Waals surface area contributed by atoms with Crippen LogP contribution in [0.3, 0.4) is 0 Å².